The Balaban J connectivity index is 1.84. The summed E-state index contributed by atoms with van der Waals surface area (Å²) in [6.07, 6.45) is 7.41. The van der Waals surface area contributed by atoms with E-state index >= 15 is 0 Å². The topological polar surface area (TPSA) is 112 Å². The van der Waals surface area contributed by atoms with Crippen LogP contribution in [0.4, 0.5) is 18.9 Å². The van der Waals surface area contributed by atoms with Gasteiger partial charge in [0.15, 0.2) is 6.61 Å². The van der Waals surface area contributed by atoms with Gasteiger partial charge in [-0.3, -0.25) is 4.79 Å². The molecule has 0 bridgehead atoms. The second kappa shape index (κ2) is 7.90. The van der Waals surface area contributed by atoms with Gasteiger partial charge in [0.1, 0.15) is 18.1 Å². The van der Waals surface area contributed by atoms with Gasteiger partial charge >= 0.3 is 5.92 Å². The standard InChI is InChI=1S/C19H16F3N5O3/c1-3-6-29-15-9-24-14(8-25-15)16(28)27-11-4-5-13(20)12(7-11)18(2)19(21,22)10-26-17(23)30-18/h1,4-5,7-9H,6,10H2,2H3,(H2,23,26)(H,27,28)/t18-/m1/s1. The summed E-state index contributed by atoms with van der Waals surface area (Å²) in [5.74, 6) is -2.83. The highest BCUT2D eigenvalue weighted by Crippen LogP contribution is 2.44. The van der Waals surface area contributed by atoms with Gasteiger partial charge in [-0.25, -0.2) is 19.4 Å². The van der Waals surface area contributed by atoms with Crippen molar-refractivity contribution in [2.75, 3.05) is 18.5 Å². The van der Waals surface area contributed by atoms with Gasteiger partial charge in [0.05, 0.1) is 12.4 Å². The minimum atomic E-state index is -3.54. The fourth-order valence-electron chi connectivity index (χ4n) is 2.68. The molecule has 11 heteroatoms. The van der Waals surface area contributed by atoms with Gasteiger partial charge < -0.3 is 20.5 Å². The molecule has 0 saturated carbocycles. The number of amides is 1. The average Bonchev–Trinajstić information content (AvgIpc) is 2.71. The van der Waals surface area contributed by atoms with Crippen molar-refractivity contribution in [1.82, 2.24) is 9.97 Å². The average molecular weight is 419 g/mol. The quantitative estimate of drug-likeness (QED) is 0.718. The summed E-state index contributed by atoms with van der Waals surface area (Å²) in [4.78, 5) is 23.5. The number of hydrogen-bond donors (Lipinski definition) is 2. The molecule has 2 heterocycles. The first-order valence-electron chi connectivity index (χ1n) is 8.53. The summed E-state index contributed by atoms with van der Waals surface area (Å²) in [6, 6.07) is 2.69. The van der Waals surface area contributed by atoms with E-state index < -0.39 is 41.4 Å². The lowest BCUT2D eigenvalue weighted by Gasteiger charge is -2.39. The molecule has 3 N–H and O–H groups in total. The third-order valence-electron chi connectivity index (χ3n) is 4.34. The van der Waals surface area contributed by atoms with Crippen LogP contribution in [0.1, 0.15) is 23.0 Å². The molecule has 2 aromatic rings. The van der Waals surface area contributed by atoms with Crippen LogP contribution in [0.3, 0.4) is 0 Å². The lowest BCUT2D eigenvalue weighted by Crippen LogP contribution is -2.53. The van der Waals surface area contributed by atoms with Crippen LogP contribution in [0.5, 0.6) is 5.88 Å². The van der Waals surface area contributed by atoms with Crippen molar-refractivity contribution in [2.45, 2.75) is 18.4 Å². The molecule has 1 aromatic carbocycles. The summed E-state index contributed by atoms with van der Waals surface area (Å²) in [5.41, 5.74) is 2.46. The van der Waals surface area contributed by atoms with Crippen LogP contribution in [0.25, 0.3) is 0 Å². The Hall–Kier alpha value is -3.81. The normalized spacial score (nSPS) is 19.8. The zero-order valence-corrected chi connectivity index (χ0v) is 15.7. The van der Waals surface area contributed by atoms with Gasteiger partial charge in [0.2, 0.25) is 11.5 Å². The number of nitrogens with one attached hydrogen (secondary N) is 1. The monoisotopic (exact) mass is 419 g/mol. The molecule has 0 fully saturated rings. The number of benzene rings is 1. The van der Waals surface area contributed by atoms with Crippen LogP contribution in [-0.2, 0) is 10.3 Å². The number of carbonyl (C=O) groups is 1. The molecule has 0 unspecified atom stereocenters. The van der Waals surface area contributed by atoms with Crippen LogP contribution in [0, 0.1) is 18.2 Å². The second-order valence-electron chi connectivity index (χ2n) is 6.38. The first-order chi connectivity index (χ1) is 14.2. The van der Waals surface area contributed by atoms with E-state index in [1.54, 1.807) is 0 Å². The molecule has 30 heavy (non-hydrogen) atoms. The molecule has 1 amide bonds. The van der Waals surface area contributed by atoms with Crippen molar-refractivity contribution in [3.63, 3.8) is 0 Å². The van der Waals surface area contributed by atoms with Crippen LogP contribution in [-0.4, -0.2) is 41.0 Å². The second-order valence-corrected chi connectivity index (χ2v) is 6.38. The van der Waals surface area contributed by atoms with Crippen molar-refractivity contribution in [3.05, 3.63) is 47.7 Å². The van der Waals surface area contributed by atoms with Gasteiger partial charge in [-0.1, -0.05) is 5.92 Å². The van der Waals surface area contributed by atoms with E-state index in [-0.39, 0.29) is 23.9 Å². The van der Waals surface area contributed by atoms with E-state index in [2.05, 4.69) is 26.2 Å². The molecule has 0 spiro atoms. The van der Waals surface area contributed by atoms with Crippen molar-refractivity contribution < 1.29 is 27.4 Å². The number of anilines is 1. The number of carbonyl (C=O) groups excluding carboxylic acids is 1. The molecule has 3 rings (SSSR count). The minimum absolute atomic E-state index is 0.0146. The number of alkyl halides is 2. The molecule has 0 saturated heterocycles. The Bertz CT molecular complexity index is 1040. The number of terminal acetylenes is 1. The Morgan fingerprint density at radius 1 is 1.40 bits per heavy atom. The minimum Gasteiger partial charge on any atom is -0.463 e. The number of halogens is 3. The molecule has 1 aliphatic rings. The zero-order chi connectivity index (χ0) is 21.9. The third-order valence-corrected chi connectivity index (χ3v) is 4.34. The molecule has 0 radical (unpaired) electrons. The van der Waals surface area contributed by atoms with Crippen LogP contribution in [0.15, 0.2) is 35.6 Å². The molecule has 1 aromatic heterocycles. The first kappa shape index (κ1) is 20.9. The highest BCUT2D eigenvalue weighted by atomic mass is 19.3. The number of aliphatic imine (C=N–C) groups is 1. The summed E-state index contributed by atoms with van der Waals surface area (Å²) in [6.45, 7) is 0.0211. The lowest BCUT2D eigenvalue weighted by molar-refractivity contribution is -0.173. The summed E-state index contributed by atoms with van der Waals surface area (Å²) in [7, 11) is 0. The van der Waals surface area contributed by atoms with E-state index in [9.17, 15) is 18.0 Å². The molecule has 8 nitrogen and oxygen atoms in total. The van der Waals surface area contributed by atoms with Gasteiger partial charge in [0, 0.05) is 11.3 Å². The summed E-state index contributed by atoms with van der Waals surface area (Å²) >= 11 is 0. The fraction of sp³-hybridized carbons (Fsp3) is 0.263. The number of nitrogens with zero attached hydrogens (tertiary/aromatic N) is 3. The van der Waals surface area contributed by atoms with Crippen LogP contribution < -0.4 is 15.8 Å². The number of hydrogen-bond acceptors (Lipinski definition) is 7. The van der Waals surface area contributed by atoms with Gasteiger partial charge in [-0.05, 0) is 25.1 Å². The number of ether oxygens (including phenoxy) is 2. The maximum absolute atomic E-state index is 14.5. The van der Waals surface area contributed by atoms with Gasteiger partial charge in [0.25, 0.3) is 11.9 Å². The Morgan fingerprint density at radius 3 is 2.83 bits per heavy atom. The summed E-state index contributed by atoms with van der Waals surface area (Å²) < 4.78 is 53.5. The van der Waals surface area contributed by atoms with E-state index in [0.29, 0.717) is 0 Å². The Kier molecular flexibility index (Phi) is 5.51. The van der Waals surface area contributed by atoms with Gasteiger partial charge in [-0.2, -0.15) is 8.78 Å². The molecular weight excluding hydrogens is 403 g/mol. The van der Waals surface area contributed by atoms with E-state index in [1.807, 2.05) is 0 Å². The Morgan fingerprint density at radius 2 is 2.17 bits per heavy atom. The third kappa shape index (κ3) is 3.98. The van der Waals surface area contributed by atoms with E-state index in [0.717, 1.165) is 25.3 Å². The number of aromatic nitrogens is 2. The Labute approximate surface area is 169 Å². The molecule has 1 atom stereocenters. The number of rotatable bonds is 5. The maximum Gasteiger partial charge on any atom is 0.310 e. The molecule has 0 aliphatic carbocycles. The van der Waals surface area contributed by atoms with Gasteiger partial charge in [-0.15, -0.1) is 6.42 Å². The predicted molar refractivity (Wildman–Crippen MR) is 101 cm³/mol. The molecule has 1 aliphatic heterocycles. The maximum atomic E-state index is 14.5. The van der Waals surface area contributed by atoms with E-state index in [4.69, 9.17) is 21.6 Å². The van der Waals surface area contributed by atoms with Crippen LogP contribution >= 0.6 is 0 Å². The predicted octanol–water partition coefficient (Wildman–Crippen LogP) is 2.08. The lowest BCUT2D eigenvalue weighted by atomic mass is 9.87. The van der Waals surface area contributed by atoms with Crippen molar-refractivity contribution in [1.29, 1.82) is 0 Å². The van der Waals surface area contributed by atoms with Crippen molar-refractivity contribution >= 4 is 17.6 Å². The zero-order valence-electron chi connectivity index (χ0n) is 15.7. The fourth-order valence-corrected chi connectivity index (χ4v) is 2.68. The molecular formula is C19H16F3N5O3. The summed E-state index contributed by atoms with van der Waals surface area (Å²) in [5, 5.41) is 2.44. The van der Waals surface area contributed by atoms with Crippen LogP contribution in [0.2, 0.25) is 0 Å². The highest BCUT2D eigenvalue weighted by Gasteiger charge is 2.57. The number of nitrogens with two attached hydrogens (primary N) is 1. The molecule has 156 valence electrons. The largest absolute Gasteiger partial charge is 0.463 e. The van der Waals surface area contributed by atoms with Crippen molar-refractivity contribution in [2.24, 2.45) is 10.7 Å². The SMILES string of the molecule is C#CCOc1cnc(C(=O)Nc2ccc(F)c([C@@]3(C)OC(N)=NCC3(F)F)c2)cn1. The van der Waals surface area contributed by atoms with Crippen molar-refractivity contribution in [3.8, 4) is 18.2 Å². The highest BCUT2D eigenvalue weighted by molar-refractivity contribution is 6.02. The number of amidine groups is 1. The smallest absolute Gasteiger partial charge is 0.310 e. The van der Waals surface area contributed by atoms with E-state index in [1.165, 1.54) is 12.3 Å². The first-order valence-corrected chi connectivity index (χ1v) is 8.53.